The fourth-order valence-electron chi connectivity index (χ4n) is 2.84. The fourth-order valence-corrected chi connectivity index (χ4v) is 2.84. The van der Waals surface area contributed by atoms with E-state index in [-0.39, 0.29) is 11.4 Å². The number of carbonyl (C=O) groups is 1. The van der Waals surface area contributed by atoms with Crippen molar-refractivity contribution in [2.45, 2.75) is 26.9 Å². The van der Waals surface area contributed by atoms with Crippen molar-refractivity contribution in [1.82, 2.24) is 0 Å². The van der Waals surface area contributed by atoms with E-state index in [1.54, 1.807) is 13.0 Å². The molecule has 2 aromatic carbocycles. The van der Waals surface area contributed by atoms with E-state index in [2.05, 4.69) is 5.32 Å². The molecule has 146 valence electrons. The van der Waals surface area contributed by atoms with Gasteiger partial charge in [0.1, 0.15) is 11.3 Å². The van der Waals surface area contributed by atoms with Crippen molar-refractivity contribution in [2.75, 3.05) is 5.32 Å². The van der Waals surface area contributed by atoms with Crippen LogP contribution in [0.2, 0.25) is 0 Å². The number of carbonyl (C=O) groups excluding carboxylic acids is 1. The van der Waals surface area contributed by atoms with Crippen LogP contribution < -0.4 is 5.32 Å². The number of nitrogens with one attached hydrogen (secondary N) is 1. The molecule has 1 heterocycles. The Morgan fingerprint density at radius 2 is 1.75 bits per heavy atom. The molecular formula is C19H15F3N2O4. The lowest BCUT2D eigenvalue weighted by molar-refractivity contribution is -0.384. The van der Waals surface area contributed by atoms with Crippen LogP contribution in [0.25, 0.3) is 11.0 Å². The van der Waals surface area contributed by atoms with Crippen molar-refractivity contribution in [3.8, 4) is 0 Å². The van der Waals surface area contributed by atoms with Crippen LogP contribution >= 0.6 is 0 Å². The van der Waals surface area contributed by atoms with Gasteiger partial charge in [-0.25, -0.2) is 0 Å². The van der Waals surface area contributed by atoms with Crippen molar-refractivity contribution in [3.63, 3.8) is 0 Å². The van der Waals surface area contributed by atoms with Crippen LogP contribution in [-0.2, 0) is 6.18 Å². The van der Waals surface area contributed by atoms with Gasteiger partial charge >= 0.3 is 6.18 Å². The minimum atomic E-state index is -4.74. The summed E-state index contributed by atoms with van der Waals surface area (Å²) in [7, 11) is 0. The number of alkyl halides is 3. The Hall–Kier alpha value is -3.36. The Balaban J connectivity index is 2.00. The minimum Gasteiger partial charge on any atom is -0.451 e. The zero-order chi connectivity index (χ0) is 20.8. The second kappa shape index (κ2) is 6.66. The molecule has 3 aromatic rings. The monoisotopic (exact) mass is 392 g/mol. The highest BCUT2D eigenvalue weighted by atomic mass is 19.4. The van der Waals surface area contributed by atoms with E-state index in [1.165, 1.54) is 0 Å². The van der Waals surface area contributed by atoms with Crippen LogP contribution in [0, 0.1) is 30.9 Å². The van der Waals surface area contributed by atoms with Gasteiger partial charge in [0.05, 0.1) is 10.5 Å². The Bertz CT molecular complexity index is 1120. The first kappa shape index (κ1) is 19.4. The molecule has 0 bridgehead atoms. The van der Waals surface area contributed by atoms with E-state index in [1.807, 2.05) is 19.9 Å². The molecule has 1 amide bonds. The van der Waals surface area contributed by atoms with Crippen molar-refractivity contribution in [3.05, 3.63) is 68.5 Å². The van der Waals surface area contributed by atoms with E-state index < -0.39 is 28.3 Å². The van der Waals surface area contributed by atoms with E-state index in [4.69, 9.17) is 4.42 Å². The van der Waals surface area contributed by atoms with Gasteiger partial charge in [-0.3, -0.25) is 14.9 Å². The molecular weight excluding hydrogens is 377 g/mol. The molecule has 0 aliphatic heterocycles. The number of furan rings is 1. The molecule has 0 unspecified atom stereocenters. The lowest BCUT2D eigenvalue weighted by Gasteiger charge is -2.09. The molecule has 9 heteroatoms. The molecule has 0 saturated heterocycles. The predicted molar refractivity (Wildman–Crippen MR) is 96.5 cm³/mol. The zero-order valence-corrected chi connectivity index (χ0v) is 15.1. The molecule has 0 aliphatic carbocycles. The third-order valence-corrected chi connectivity index (χ3v) is 4.53. The predicted octanol–water partition coefficient (Wildman–Crippen LogP) is 5.54. The second-order valence-electron chi connectivity index (χ2n) is 6.43. The number of amides is 1. The highest BCUT2D eigenvalue weighted by Crippen LogP contribution is 2.35. The lowest BCUT2D eigenvalue weighted by Crippen LogP contribution is -2.14. The summed E-state index contributed by atoms with van der Waals surface area (Å²) < 4.78 is 44.0. The molecule has 28 heavy (non-hydrogen) atoms. The minimum absolute atomic E-state index is 0.0609. The standard InChI is InChI=1S/C19H15F3N2O4/c1-9-6-13-11(3)17(28-16(13)7-10(9)2)18(25)23-14-5-4-12(19(20,21)22)8-15(14)24(26)27/h4-8H,1-3H3,(H,23,25). The number of benzene rings is 2. The van der Waals surface area contributed by atoms with Crippen molar-refractivity contribution in [2.24, 2.45) is 0 Å². The molecule has 6 nitrogen and oxygen atoms in total. The van der Waals surface area contributed by atoms with E-state index in [0.717, 1.165) is 22.6 Å². The van der Waals surface area contributed by atoms with Gasteiger partial charge in [-0.1, -0.05) is 0 Å². The van der Waals surface area contributed by atoms with Crippen LogP contribution in [0.4, 0.5) is 24.5 Å². The Kier molecular flexibility index (Phi) is 4.62. The first-order valence-electron chi connectivity index (χ1n) is 8.16. The van der Waals surface area contributed by atoms with E-state index in [9.17, 15) is 28.1 Å². The van der Waals surface area contributed by atoms with Crippen LogP contribution in [-0.4, -0.2) is 10.8 Å². The number of halogens is 3. The average Bonchev–Trinajstić information content (AvgIpc) is 2.91. The fraction of sp³-hybridized carbons (Fsp3) is 0.211. The molecule has 0 atom stereocenters. The number of aryl methyl sites for hydroxylation is 3. The smallest absolute Gasteiger partial charge is 0.416 e. The molecule has 3 rings (SSSR count). The topological polar surface area (TPSA) is 85.4 Å². The lowest BCUT2D eigenvalue weighted by atomic mass is 10.0. The molecule has 0 spiro atoms. The number of anilines is 1. The van der Waals surface area contributed by atoms with Gasteiger partial charge in [-0.15, -0.1) is 0 Å². The summed E-state index contributed by atoms with van der Waals surface area (Å²) in [6.07, 6.45) is -4.74. The highest BCUT2D eigenvalue weighted by Gasteiger charge is 2.33. The number of nitro benzene ring substituents is 1. The SMILES string of the molecule is Cc1cc2oc(C(=O)Nc3ccc(C(F)(F)F)cc3[N+](=O)[O-])c(C)c2cc1C. The first-order valence-corrected chi connectivity index (χ1v) is 8.16. The third kappa shape index (κ3) is 3.42. The molecule has 1 aromatic heterocycles. The quantitative estimate of drug-likeness (QED) is 0.469. The Morgan fingerprint density at radius 1 is 1.11 bits per heavy atom. The number of nitro groups is 1. The van der Waals surface area contributed by atoms with E-state index >= 15 is 0 Å². The summed E-state index contributed by atoms with van der Waals surface area (Å²) in [5.41, 5.74) is 0.591. The summed E-state index contributed by atoms with van der Waals surface area (Å²) >= 11 is 0. The van der Waals surface area contributed by atoms with Gasteiger partial charge in [0.25, 0.3) is 11.6 Å². The Labute approximate surface area is 157 Å². The van der Waals surface area contributed by atoms with Gasteiger partial charge in [-0.2, -0.15) is 13.2 Å². The average molecular weight is 392 g/mol. The maximum Gasteiger partial charge on any atom is 0.416 e. The van der Waals surface area contributed by atoms with Crippen LogP contribution in [0.3, 0.4) is 0 Å². The summed E-state index contributed by atoms with van der Waals surface area (Å²) in [6, 6.07) is 5.54. The third-order valence-electron chi connectivity index (χ3n) is 4.53. The molecule has 0 aliphatic rings. The maximum absolute atomic E-state index is 12.8. The first-order chi connectivity index (χ1) is 13.0. The van der Waals surface area contributed by atoms with Gasteiger partial charge in [0, 0.05) is 17.0 Å². The molecule has 0 fully saturated rings. The number of hydrogen-bond acceptors (Lipinski definition) is 4. The van der Waals surface area contributed by atoms with Gasteiger partial charge in [-0.05, 0) is 56.2 Å². The largest absolute Gasteiger partial charge is 0.451 e. The Morgan fingerprint density at radius 3 is 2.36 bits per heavy atom. The van der Waals surface area contributed by atoms with Crippen molar-refractivity contribution < 1.29 is 27.3 Å². The summed E-state index contributed by atoms with van der Waals surface area (Å²) in [6.45, 7) is 5.46. The number of nitrogens with zero attached hydrogens (tertiary/aromatic N) is 1. The van der Waals surface area contributed by atoms with Crippen LogP contribution in [0.15, 0.2) is 34.7 Å². The molecule has 1 N–H and O–H groups in total. The van der Waals surface area contributed by atoms with Crippen LogP contribution in [0.1, 0.15) is 32.8 Å². The second-order valence-corrected chi connectivity index (χ2v) is 6.43. The summed E-state index contributed by atoms with van der Waals surface area (Å²) in [5, 5.41) is 14.2. The maximum atomic E-state index is 12.8. The van der Waals surface area contributed by atoms with Gasteiger partial charge < -0.3 is 9.73 Å². The van der Waals surface area contributed by atoms with Crippen molar-refractivity contribution in [1.29, 1.82) is 0 Å². The van der Waals surface area contributed by atoms with E-state index in [0.29, 0.717) is 23.3 Å². The zero-order valence-electron chi connectivity index (χ0n) is 15.1. The number of fused-ring (bicyclic) bond motifs is 1. The normalized spacial score (nSPS) is 11.6. The number of hydrogen-bond donors (Lipinski definition) is 1. The highest BCUT2D eigenvalue weighted by molar-refractivity contribution is 6.07. The summed E-state index contributed by atoms with van der Waals surface area (Å²) in [4.78, 5) is 22.8. The molecule has 0 radical (unpaired) electrons. The van der Waals surface area contributed by atoms with Gasteiger partial charge in [0.2, 0.25) is 0 Å². The van der Waals surface area contributed by atoms with Crippen LogP contribution in [0.5, 0.6) is 0 Å². The van der Waals surface area contributed by atoms with Gasteiger partial charge in [0.15, 0.2) is 5.76 Å². The van der Waals surface area contributed by atoms with Crippen molar-refractivity contribution >= 4 is 28.3 Å². The summed E-state index contributed by atoms with van der Waals surface area (Å²) in [5.74, 6) is -0.846. The number of rotatable bonds is 3. The molecule has 0 saturated carbocycles.